The van der Waals surface area contributed by atoms with Gasteiger partial charge in [-0.05, 0) is 82.0 Å². The molecule has 0 radical (unpaired) electrons. The molecule has 0 spiro atoms. The first-order chi connectivity index (χ1) is 14.8. The van der Waals surface area contributed by atoms with E-state index in [4.69, 9.17) is 9.31 Å². The monoisotopic (exact) mass is 460 g/mol. The van der Waals surface area contributed by atoms with Crippen molar-refractivity contribution in [2.45, 2.75) is 117 Å². The minimum atomic E-state index is -0.297. The van der Waals surface area contributed by atoms with Crippen molar-refractivity contribution in [3.05, 3.63) is 28.6 Å². The van der Waals surface area contributed by atoms with Crippen molar-refractivity contribution in [3.8, 4) is 9.75 Å². The van der Waals surface area contributed by atoms with Crippen molar-refractivity contribution in [1.82, 2.24) is 0 Å². The van der Waals surface area contributed by atoms with Crippen LogP contribution in [0.2, 0.25) is 0 Å². The second kappa shape index (κ2) is 11.0. The maximum absolute atomic E-state index is 6.46. The van der Waals surface area contributed by atoms with Gasteiger partial charge in [0.05, 0.1) is 11.2 Å². The largest absolute Gasteiger partial charge is 0.505 e. The highest BCUT2D eigenvalue weighted by molar-refractivity contribution is 7.28. The first-order valence-corrected chi connectivity index (χ1v) is 14.0. The van der Waals surface area contributed by atoms with Crippen molar-refractivity contribution < 1.29 is 9.31 Å². The minimum absolute atomic E-state index is 0.252. The summed E-state index contributed by atoms with van der Waals surface area (Å²) in [5, 5.41) is 2.26. The Balaban J connectivity index is 1.84. The SMILES string of the molecule is CCCCCCc1cc(-c2sccc2CCCCCC)sc1B1OC(C)(C)C(C)(C)O1. The van der Waals surface area contributed by atoms with E-state index in [1.54, 1.807) is 0 Å². The van der Waals surface area contributed by atoms with Gasteiger partial charge in [0.1, 0.15) is 0 Å². The van der Waals surface area contributed by atoms with E-state index >= 15 is 0 Å². The average molecular weight is 461 g/mol. The number of thiophene rings is 2. The minimum Gasteiger partial charge on any atom is -0.399 e. The smallest absolute Gasteiger partial charge is 0.399 e. The third-order valence-electron chi connectivity index (χ3n) is 6.88. The molecule has 0 unspecified atom stereocenters. The number of unbranched alkanes of at least 4 members (excludes halogenated alkanes) is 6. The van der Waals surface area contributed by atoms with Crippen LogP contribution in [-0.2, 0) is 22.2 Å². The van der Waals surface area contributed by atoms with Crippen LogP contribution in [-0.4, -0.2) is 18.3 Å². The highest BCUT2D eigenvalue weighted by atomic mass is 32.1. The highest BCUT2D eigenvalue weighted by Crippen LogP contribution is 2.40. The summed E-state index contributed by atoms with van der Waals surface area (Å²) in [6.07, 6.45) is 12.7. The molecule has 3 rings (SSSR count). The molecule has 172 valence electrons. The summed E-state index contributed by atoms with van der Waals surface area (Å²) in [5.74, 6) is 0. The molecule has 0 amide bonds. The zero-order valence-electron chi connectivity index (χ0n) is 20.5. The van der Waals surface area contributed by atoms with Gasteiger partial charge < -0.3 is 9.31 Å². The van der Waals surface area contributed by atoms with Gasteiger partial charge in [0.2, 0.25) is 0 Å². The van der Waals surface area contributed by atoms with Crippen LogP contribution < -0.4 is 4.78 Å². The zero-order chi connectivity index (χ0) is 22.5. The Morgan fingerprint density at radius 2 is 1.39 bits per heavy atom. The Hall–Kier alpha value is -0.615. The predicted molar refractivity (Wildman–Crippen MR) is 139 cm³/mol. The quantitative estimate of drug-likeness (QED) is 0.236. The summed E-state index contributed by atoms with van der Waals surface area (Å²) in [4.78, 5) is 2.86. The van der Waals surface area contributed by atoms with E-state index in [1.165, 1.54) is 83.4 Å². The van der Waals surface area contributed by atoms with Gasteiger partial charge in [-0.15, -0.1) is 22.7 Å². The van der Waals surface area contributed by atoms with Crippen molar-refractivity contribution in [1.29, 1.82) is 0 Å². The molecule has 2 aromatic rings. The summed E-state index contributed by atoms with van der Waals surface area (Å²) < 4.78 is 14.2. The van der Waals surface area contributed by atoms with E-state index < -0.39 is 0 Å². The fourth-order valence-corrected chi connectivity index (χ4v) is 6.41. The summed E-state index contributed by atoms with van der Waals surface area (Å²) in [6.45, 7) is 13.1. The molecule has 0 atom stereocenters. The second-order valence-electron chi connectivity index (χ2n) is 9.98. The molecule has 0 aliphatic carbocycles. The molecule has 31 heavy (non-hydrogen) atoms. The van der Waals surface area contributed by atoms with E-state index in [0.29, 0.717) is 0 Å². The van der Waals surface area contributed by atoms with Crippen LogP contribution >= 0.6 is 22.7 Å². The van der Waals surface area contributed by atoms with E-state index in [0.717, 1.165) is 6.42 Å². The maximum Gasteiger partial charge on any atom is 0.505 e. The Morgan fingerprint density at radius 1 is 0.806 bits per heavy atom. The second-order valence-corrected chi connectivity index (χ2v) is 12.0. The molecular formula is C26H41BO2S2. The molecule has 0 N–H and O–H groups in total. The first-order valence-electron chi connectivity index (χ1n) is 12.3. The van der Waals surface area contributed by atoms with Crippen LogP contribution in [0.4, 0.5) is 0 Å². The van der Waals surface area contributed by atoms with Gasteiger partial charge in [-0.3, -0.25) is 0 Å². The van der Waals surface area contributed by atoms with Gasteiger partial charge in [-0.1, -0.05) is 52.4 Å². The van der Waals surface area contributed by atoms with Crippen LogP contribution in [0.25, 0.3) is 9.75 Å². The number of rotatable bonds is 12. The van der Waals surface area contributed by atoms with E-state index in [9.17, 15) is 0 Å². The summed E-state index contributed by atoms with van der Waals surface area (Å²) in [5.41, 5.74) is 2.35. The van der Waals surface area contributed by atoms with Gasteiger partial charge >= 0.3 is 7.12 Å². The zero-order valence-corrected chi connectivity index (χ0v) is 22.1. The normalized spacial score (nSPS) is 17.5. The number of hydrogen-bond acceptors (Lipinski definition) is 4. The molecule has 1 aliphatic rings. The highest BCUT2D eigenvalue weighted by Gasteiger charge is 2.52. The molecule has 0 saturated carbocycles. The summed E-state index contributed by atoms with van der Waals surface area (Å²) >= 11 is 3.79. The lowest BCUT2D eigenvalue weighted by molar-refractivity contribution is 0.00578. The molecular weight excluding hydrogens is 419 g/mol. The Labute approximate surface area is 198 Å². The Kier molecular flexibility index (Phi) is 8.88. The van der Waals surface area contributed by atoms with Crippen LogP contribution in [0.1, 0.15) is 104 Å². The van der Waals surface area contributed by atoms with Gasteiger partial charge in [0.15, 0.2) is 0 Å². The van der Waals surface area contributed by atoms with Crippen molar-refractivity contribution in [2.75, 3.05) is 0 Å². The van der Waals surface area contributed by atoms with Gasteiger partial charge in [-0.2, -0.15) is 0 Å². The predicted octanol–water partition coefficient (Wildman–Crippen LogP) is 8.02. The molecule has 3 heterocycles. The van der Waals surface area contributed by atoms with Crippen LogP contribution in [0.5, 0.6) is 0 Å². The van der Waals surface area contributed by atoms with Crippen LogP contribution in [0, 0.1) is 0 Å². The Bertz CT molecular complexity index is 805. The standard InChI is InChI=1S/C26H41BO2S2/c1-7-9-11-13-15-20-17-18-30-23(20)22-19-21(16-14-12-10-8-2)24(31-22)27-28-25(3,4)26(5,6)29-27/h17-19H,7-16H2,1-6H3. The van der Waals surface area contributed by atoms with Crippen LogP contribution in [0.3, 0.4) is 0 Å². The van der Waals surface area contributed by atoms with Gasteiger partial charge in [0.25, 0.3) is 0 Å². The average Bonchev–Trinajstić information content (AvgIpc) is 3.39. The molecule has 0 aromatic carbocycles. The molecule has 1 aliphatic heterocycles. The molecule has 2 aromatic heterocycles. The number of hydrogen-bond donors (Lipinski definition) is 0. The third kappa shape index (κ3) is 6.04. The van der Waals surface area contributed by atoms with Crippen LogP contribution in [0.15, 0.2) is 17.5 Å². The molecule has 1 saturated heterocycles. The van der Waals surface area contributed by atoms with Crippen molar-refractivity contribution >= 4 is 34.6 Å². The molecule has 0 bridgehead atoms. The Morgan fingerprint density at radius 3 is 1.97 bits per heavy atom. The lowest BCUT2D eigenvalue weighted by atomic mass is 9.83. The molecule has 2 nitrogen and oxygen atoms in total. The van der Waals surface area contributed by atoms with Gasteiger partial charge in [0, 0.05) is 14.5 Å². The lowest BCUT2D eigenvalue weighted by Crippen LogP contribution is -2.41. The van der Waals surface area contributed by atoms with E-state index in [1.807, 2.05) is 22.7 Å². The fraction of sp³-hybridized carbons (Fsp3) is 0.692. The third-order valence-corrected chi connectivity index (χ3v) is 9.21. The topological polar surface area (TPSA) is 18.5 Å². The number of aryl methyl sites for hydroxylation is 2. The van der Waals surface area contributed by atoms with Gasteiger partial charge in [-0.25, -0.2) is 0 Å². The maximum atomic E-state index is 6.46. The van der Waals surface area contributed by atoms with E-state index in [-0.39, 0.29) is 18.3 Å². The molecule has 1 fully saturated rings. The van der Waals surface area contributed by atoms with Crippen molar-refractivity contribution in [2.24, 2.45) is 0 Å². The van der Waals surface area contributed by atoms with E-state index in [2.05, 4.69) is 59.1 Å². The van der Waals surface area contributed by atoms with Crippen molar-refractivity contribution in [3.63, 3.8) is 0 Å². The summed E-state index contributed by atoms with van der Waals surface area (Å²) in [6, 6.07) is 4.78. The summed E-state index contributed by atoms with van der Waals surface area (Å²) in [7, 11) is -0.252. The molecule has 5 heteroatoms. The lowest BCUT2D eigenvalue weighted by Gasteiger charge is -2.32. The first kappa shape index (κ1) is 25.0. The fourth-order valence-electron chi connectivity index (χ4n) is 4.13.